The van der Waals surface area contributed by atoms with Gasteiger partial charge in [-0.05, 0) is 132 Å². The molecule has 3 aromatic carbocycles. The van der Waals surface area contributed by atoms with E-state index >= 15 is 0 Å². The number of carbonyl (C=O) groups excluding carboxylic acids is 3. The molecule has 3 unspecified atom stereocenters. The molecule has 15 atom stereocenters. The van der Waals surface area contributed by atoms with Gasteiger partial charge in [-0.3, -0.25) is 58.7 Å². The van der Waals surface area contributed by atoms with Gasteiger partial charge in [-0.1, -0.05) is 111 Å². The minimum atomic E-state index is -0.864. The summed E-state index contributed by atoms with van der Waals surface area (Å²) in [5.41, 5.74) is 9.54. The van der Waals surface area contributed by atoms with Crippen LogP contribution in [0.4, 0.5) is 34.6 Å². The zero-order valence-electron chi connectivity index (χ0n) is 73.2. The molecule has 3 amide bonds. The Labute approximate surface area is 698 Å². The van der Waals surface area contributed by atoms with E-state index in [-0.39, 0.29) is 69.5 Å². The second-order valence-corrected chi connectivity index (χ2v) is 37.9. The number of nitrogens with zero attached hydrogens (tertiary/aromatic N) is 12. The van der Waals surface area contributed by atoms with E-state index < -0.39 is 29.2 Å². The highest BCUT2D eigenvalue weighted by molar-refractivity contribution is 5.99. The van der Waals surface area contributed by atoms with Gasteiger partial charge in [0.25, 0.3) is 0 Å². The van der Waals surface area contributed by atoms with Crippen molar-refractivity contribution in [2.24, 2.45) is 0 Å². The van der Waals surface area contributed by atoms with Crippen LogP contribution in [0.25, 0.3) is 0 Å². The summed E-state index contributed by atoms with van der Waals surface area (Å²) in [4.78, 5) is 76.8. The first-order valence-electron chi connectivity index (χ1n) is 43.3. The number of morpholine rings is 3. The van der Waals surface area contributed by atoms with E-state index in [1.807, 2.05) is 52.9 Å². The summed E-state index contributed by atoms with van der Waals surface area (Å²) < 4.78 is 73.3. The van der Waals surface area contributed by atoms with E-state index in [9.17, 15) is 31.9 Å². The van der Waals surface area contributed by atoms with Crippen molar-refractivity contribution in [3.63, 3.8) is 0 Å². The van der Waals surface area contributed by atoms with Gasteiger partial charge >= 0.3 is 0 Å². The van der Waals surface area contributed by atoms with E-state index in [1.54, 1.807) is 24.5 Å². The Morgan fingerprint density at radius 3 is 1.09 bits per heavy atom. The molecule has 25 heteroatoms. The number of carbonyl (C=O) groups is 3. The van der Waals surface area contributed by atoms with Crippen LogP contribution in [0, 0.1) is 23.3 Å². The lowest BCUT2D eigenvalue weighted by Crippen LogP contribution is -2.63. The van der Waals surface area contributed by atoms with Crippen LogP contribution in [0.5, 0.6) is 0 Å². The first-order chi connectivity index (χ1) is 56.0. The van der Waals surface area contributed by atoms with E-state index in [2.05, 4.69) is 186 Å². The predicted octanol–water partition coefficient (Wildman–Crippen LogP) is 11.4. The summed E-state index contributed by atoms with van der Waals surface area (Å²) in [5, 5.41) is 10.9. The van der Waals surface area contributed by atoms with Crippen molar-refractivity contribution in [3.8, 4) is 0 Å². The Hall–Kier alpha value is -7.24. The SMILES string of the molecule is CC(c1ccc(F)c(F)c1)c1cnc2c(c1)N(C(=O)CN1C[C@@H](C)NC[C@@H]1CN1[C@H](C)COC[C@H]1C)CC2(C)C.CC(c1ccccc1)c1cnc2c(c1)N(C(=O)CN1C[C@@H](C)NC[C@@H]1CN1[C@H](C)COC[C@H]1C)CC2(C)C.CC(c1cnc2c(c1)N(C(=O)CN1C[C@@H](C)NC[C@@H]1CN1[C@H](C)COC[C@H]1C)CC2(C)C)c1cccc(F)c1F. The number of nitrogens with one attached hydrogen (secondary N) is 3. The number of hydrogen-bond donors (Lipinski definition) is 3. The second-order valence-electron chi connectivity index (χ2n) is 37.9. The van der Waals surface area contributed by atoms with Gasteiger partial charge in [0.2, 0.25) is 17.7 Å². The zero-order valence-corrected chi connectivity index (χ0v) is 73.2. The lowest BCUT2D eigenvalue weighted by molar-refractivity contribution is -0.122. The highest BCUT2D eigenvalue weighted by Crippen LogP contribution is 2.45. The Morgan fingerprint density at radius 2 is 0.746 bits per heavy atom. The number of halogens is 4. The number of benzene rings is 3. The number of ether oxygens (including phenoxy) is 3. The Kier molecular flexibility index (Phi) is 27.9. The van der Waals surface area contributed by atoms with E-state index in [4.69, 9.17) is 29.2 Å². The van der Waals surface area contributed by atoms with Gasteiger partial charge in [0.1, 0.15) is 0 Å². The molecule has 6 fully saturated rings. The molecule has 21 nitrogen and oxygen atoms in total. The van der Waals surface area contributed by atoms with E-state index in [0.29, 0.717) is 99.2 Å². The number of amides is 3. The molecule has 0 radical (unpaired) electrons. The quantitative estimate of drug-likeness (QED) is 0.0690. The fraction of sp³-hybridized carbons (Fsp3) is 0.613. The molecule has 0 aliphatic carbocycles. The maximum Gasteiger partial charge on any atom is 0.241 e. The molecule has 0 spiro atoms. The topological polar surface area (TPSA) is 183 Å². The minimum Gasteiger partial charge on any atom is -0.378 e. The Balaban J connectivity index is 0.000000154. The van der Waals surface area contributed by atoms with Crippen molar-refractivity contribution in [2.75, 3.05) is 153 Å². The molecular formula is C93H131F4N15O6. The maximum absolute atomic E-state index is 14.6. The molecular weight excluding hydrogens is 1500 g/mol. The minimum absolute atomic E-state index is 0.0394. The van der Waals surface area contributed by atoms with Gasteiger partial charge in [-0.2, -0.15) is 0 Å². The first-order valence-corrected chi connectivity index (χ1v) is 43.3. The molecule has 9 aliphatic rings. The largest absolute Gasteiger partial charge is 0.378 e. The molecule has 3 aromatic heterocycles. The Morgan fingerprint density at radius 1 is 0.407 bits per heavy atom. The van der Waals surface area contributed by atoms with Crippen LogP contribution in [0.2, 0.25) is 0 Å². The zero-order chi connectivity index (χ0) is 84.6. The van der Waals surface area contributed by atoms with Gasteiger partial charge in [0.15, 0.2) is 23.3 Å². The summed E-state index contributed by atoms with van der Waals surface area (Å²) >= 11 is 0. The number of hydrogen-bond acceptors (Lipinski definition) is 18. The van der Waals surface area contributed by atoms with Crippen molar-refractivity contribution in [1.29, 1.82) is 0 Å². The van der Waals surface area contributed by atoms with Crippen LogP contribution >= 0.6 is 0 Å². The summed E-state index contributed by atoms with van der Waals surface area (Å²) in [6, 6.07) is 28.7. The maximum atomic E-state index is 14.6. The summed E-state index contributed by atoms with van der Waals surface area (Å²) in [6.45, 7) is 53.7. The fourth-order valence-corrected chi connectivity index (χ4v) is 19.5. The molecule has 6 aromatic rings. The molecule has 15 rings (SSSR count). The molecule has 9 aliphatic heterocycles. The molecule has 6 saturated heterocycles. The third kappa shape index (κ3) is 19.8. The molecule has 3 N–H and O–H groups in total. The van der Waals surface area contributed by atoms with Crippen molar-refractivity contribution in [1.82, 2.24) is 60.3 Å². The van der Waals surface area contributed by atoms with Crippen LogP contribution in [-0.2, 0) is 44.8 Å². The smallest absolute Gasteiger partial charge is 0.241 e. The summed E-state index contributed by atoms with van der Waals surface area (Å²) in [7, 11) is 0. The number of anilines is 3. The fourth-order valence-electron chi connectivity index (χ4n) is 19.5. The highest BCUT2D eigenvalue weighted by Gasteiger charge is 2.46. The monoisotopic (exact) mass is 1630 g/mol. The number of fused-ring (bicyclic) bond motifs is 3. The molecule has 0 bridgehead atoms. The molecule has 642 valence electrons. The van der Waals surface area contributed by atoms with Crippen LogP contribution in [0.3, 0.4) is 0 Å². The summed E-state index contributed by atoms with van der Waals surface area (Å²) in [6.07, 6.45) is 5.55. The number of aromatic nitrogens is 3. The van der Waals surface area contributed by atoms with Crippen LogP contribution < -0.4 is 30.7 Å². The standard InChI is InChI=1S/2C31H43F2N5O2.C31H45N5O2/c1-19-13-36(25(12-34-19)14-37-20(2)16-40-17-21(37)3)15-29(39)38-18-31(5,6)30-28(38)10-24(11-35-30)22(4)23-7-8-26(32)27(33)9-23;1-19-13-36(24(12-34-19)14-37-20(2)16-40-17-21(37)3)15-28(39)38-18-31(5,6)30-27(38)10-23(11-35-30)22(4)25-8-7-9-26(32)29(25)33;1-21-15-34(27(14-32-21)16-35-22(2)18-38-19-23(35)3)17-29(37)36-20-31(5,6)30-28(36)12-26(13-33-30)24(4)25-10-8-7-9-11-25/h7-11,19-22,25,34H,12-18H2,1-6H3;7-11,19-22,24,34H,12-18H2,1-6H3;7-13,21-24,27,32H,14-20H2,1-6H3/t19-,20-,21-,22?,25-;19-,20-,21-,22?,24-;21-,22-,23-,24?,27-/m111/s1. The average Bonchev–Trinajstić information content (AvgIpc) is 1.61. The van der Waals surface area contributed by atoms with Crippen molar-refractivity contribution >= 4 is 34.8 Å². The Bertz CT molecular complexity index is 4450. The van der Waals surface area contributed by atoms with E-state index in [1.165, 1.54) is 17.7 Å². The molecule has 118 heavy (non-hydrogen) atoms. The second kappa shape index (κ2) is 37.2. The number of pyridine rings is 3. The number of rotatable bonds is 18. The van der Waals surface area contributed by atoms with Gasteiger partial charge < -0.3 is 44.9 Å². The van der Waals surface area contributed by atoms with Crippen LogP contribution in [-0.4, -0.2) is 272 Å². The highest BCUT2D eigenvalue weighted by atomic mass is 19.2. The lowest BCUT2D eigenvalue weighted by atomic mass is 9.89. The normalized spacial score (nSPS) is 28.2. The van der Waals surface area contributed by atoms with Crippen molar-refractivity contribution in [2.45, 2.75) is 231 Å². The van der Waals surface area contributed by atoms with Crippen LogP contribution in [0.15, 0.2) is 104 Å². The van der Waals surface area contributed by atoms with E-state index in [0.717, 1.165) is 162 Å². The van der Waals surface area contributed by atoms with Crippen LogP contribution in [0.1, 0.15) is 193 Å². The third-order valence-corrected chi connectivity index (χ3v) is 26.7. The lowest BCUT2D eigenvalue weighted by Gasteiger charge is -2.46. The molecule has 12 heterocycles. The summed E-state index contributed by atoms with van der Waals surface area (Å²) in [5.74, 6) is -3.56. The van der Waals surface area contributed by atoms with Gasteiger partial charge in [0.05, 0.1) is 93.4 Å². The number of piperazine rings is 3. The van der Waals surface area contributed by atoms with Crippen molar-refractivity contribution < 1.29 is 46.2 Å². The van der Waals surface area contributed by atoms with Gasteiger partial charge in [0, 0.05) is 204 Å². The predicted molar refractivity (Wildman–Crippen MR) is 458 cm³/mol. The molecule has 0 saturated carbocycles. The average molecular weight is 1630 g/mol. The first kappa shape index (κ1) is 88.5. The van der Waals surface area contributed by atoms with Gasteiger partial charge in [-0.25, -0.2) is 17.6 Å². The van der Waals surface area contributed by atoms with Gasteiger partial charge in [-0.15, -0.1) is 0 Å². The van der Waals surface area contributed by atoms with Crippen molar-refractivity contribution in [3.05, 3.63) is 177 Å². The third-order valence-electron chi connectivity index (χ3n) is 26.7.